The first-order valence-electron chi connectivity index (χ1n) is 8.50. The third-order valence-corrected chi connectivity index (χ3v) is 6.26. The molecule has 3 rings (SSSR count). The van der Waals surface area contributed by atoms with Gasteiger partial charge in [-0.2, -0.15) is 0 Å². The molecular formula is C20H19ClN3O3PS. The number of imidazole rings is 1. The summed E-state index contributed by atoms with van der Waals surface area (Å²) in [5.41, 5.74) is 5.18. The topological polar surface area (TPSA) is 102 Å². The zero-order valence-corrected chi connectivity index (χ0v) is 17.9. The lowest BCUT2D eigenvalue weighted by atomic mass is 10.00. The summed E-state index contributed by atoms with van der Waals surface area (Å²) in [6.07, 6.45) is 6.38. The van der Waals surface area contributed by atoms with Gasteiger partial charge >= 0.3 is 0 Å². The standard InChI is InChI=1S/C20H19ClN3O3PS/c1-27-8-2-3-15(11-22)13-4-6-14(7-5-13)16-9-18-19(10-17(16)21)24-20(23-18)29-12-28(25)26/h2-11,22,25-26H,12H2,1H3,(H,23,24)/b8-2+,15-3+,22-11?. The molecule has 1 heterocycles. The molecule has 0 aliphatic carbocycles. The maximum Gasteiger partial charge on any atom is 0.176 e. The number of allylic oxidation sites excluding steroid dienone is 3. The van der Waals surface area contributed by atoms with E-state index >= 15 is 0 Å². The van der Waals surface area contributed by atoms with Crippen LogP contribution in [-0.2, 0) is 4.74 Å². The van der Waals surface area contributed by atoms with Crippen LogP contribution in [0.2, 0.25) is 5.02 Å². The molecule has 9 heteroatoms. The van der Waals surface area contributed by atoms with E-state index in [4.69, 9.17) is 31.5 Å². The van der Waals surface area contributed by atoms with E-state index in [0.717, 1.165) is 33.3 Å². The lowest BCUT2D eigenvalue weighted by Gasteiger charge is -2.07. The molecule has 0 aliphatic heterocycles. The SMILES string of the molecule is CO/C=C/C=C(\C=N)c1ccc(-c2cc3nc(SCP(O)O)[nH]c3cc2Cl)cc1. The highest BCUT2D eigenvalue weighted by molar-refractivity contribution is 8.03. The van der Waals surface area contributed by atoms with E-state index in [1.54, 1.807) is 25.5 Å². The molecule has 0 atom stereocenters. The molecule has 2 aromatic carbocycles. The van der Waals surface area contributed by atoms with Gasteiger partial charge in [-0.1, -0.05) is 47.6 Å². The Bertz CT molecular complexity index is 1060. The maximum atomic E-state index is 9.07. The van der Waals surface area contributed by atoms with E-state index in [2.05, 4.69) is 9.97 Å². The number of aromatic amines is 1. The first-order valence-corrected chi connectivity index (χ1v) is 11.3. The summed E-state index contributed by atoms with van der Waals surface area (Å²) in [7, 11) is -0.401. The number of benzene rings is 2. The molecule has 0 saturated carbocycles. The molecule has 0 amide bonds. The van der Waals surface area contributed by atoms with Crippen molar-refractivity contribution in [2.75, 3.05) is 12.6 Å². The molecule has 29 heavy (non-hydrogen) atoms. The highest BCUT2D eigenvalue weighted by Gasteiger charge is 2.11. The number of H-pyrrole nitrogens is 1. The van der Waals surface area contributed by atoms with E-state index in [1.807, 2.05) is 36.4 Å². The minimum atomic E-state index is -1.97. The van der Waals surface area contributed by atoms with Crippen LogP contribution >= 0.6 is 31.7 Å². The van der Waals surface area contributed by atoms with Crippen LogP contribution in [0, 0.1) is 5.41 Å². The second-order valence-electron chi connectivity index (χ2n) is 5.94. The Balaban J connectivity index is 1.89. The monoisotopic (exact) mass is 447 g/mol. The van der Waals surface area contributed by atoms with Gasteiger partial charge in [0.15, 0.2) is 13.5 Å². The molecule has 4 N–H and O–H groups in total. The number of ether oxygens (including phenoxy) is 1. The number of methoxy groups -OCH3 is 1. The van der Waals surface area contributed by atoms with Gasteiger partial charge in [-0.05, 0) is 41.0 Å². The minimum absolute atomic E-state index is 0.194. The number of thioether (sulfide) groups is 1. The number of fused-ring (bicyclic) bond motifs is 1. The number of hydrogen-bond acceptors (Lipinski definition) is 6. The summed E-state index contributed by atoms with van der Waals surface area (Å²) in [6.45, 7) is 0. The lowest BCUT2D eigenvalue weighted by molar-refractivity contribution is 0.338. The molecule has 3 aromatic rings. The third-order valence-electron chi connectivity index (χ3n) is 4.04. The van der Waals surface area contributed by atoms with Crippen LogP contribution in [0.3, 0.4) is 0 Å². The van der Waals surface area contributed by atoms with Crippen molar-refractivity contribution >= 4 is 54.6 Å². The molecule has 0 spiro atoms. The number of halogens is 1. The number of nitrogens with one attached hydrogen (secondary N) is 2. The van der Waals surface area contributed by atoms with Gasteiger partial charge in [0.25, 0.3) is 0 Å². The molecule has 0 unspecified atom stereocenters. The highest BCUT2D eigenvalue weighted by atomic mass is 35.5. The first kappa shape index (κ1) is 21.6. The fraction of sp³-hybridized carbons (Fsp3) is 0.100. The van der Waals surface area contributed by atoms with Crippen molar-refractivity contribution in [3.8, 4) is 11.1 Å². The predicted octanol–water partition coefficient (Wildman–Crippen LogP) is 5.42. The Morgan fingerprint density at radius 1 is 1.31 bits per heavy atom. The van der Waals surface area contributed by atoms with Crippen molar-refractivity contribution in [1.29, 1.82) is 5.41 Å². The minimum Gasteiger partial charge on any atom is -0.504 e. The normalized spacial score (nSPS) is 12.2. The molecule has 0 radical (unpaired) electrons. The second-order valence-corrected chi connectivity index (χ2v) is 8.80. The molecule has 0 saturated heterocycles. The fourth-order valence-corrected chi connectivity index (χ4v) is 4.28. The Morgan fingerprint density at radius 3 is 2.72 bits per heavy atom. The molecular weight excluding hydrogens is 429 g/mol. The van der Waals surface area contributed by atoms with E-state index in [9.17, 15) is 0 Å². The molecule has 0 aliphatic rings. The van der Waals surface area contributed by atoms with Crippen LogP contribution in [-0.4, -0.2) is 38.6 Å². The van der Waals surface area contributed by atoms with E-state index < -0.39 is 8.38 Å². The van der Waals surface area contributed by atoms with Crippen LogP contribution in [0.25, 0.3) is 27.7 Å². The highest BCUT2D eigenvalue weighted by Crippen LogP contribution is 2.35. The van der Waals surface area contributed by atoms with E-state index in [1.165, 1.54) is 18.0 Å². The van der Waals surface area contributed by atoms with Crippen LogP contribution in [0.1, 0.15) is 5.56 Å². The number of hydrogen-bond donors (Lipinski definition) is 4. The van der Waals surface area contributed by atoms with Gasteiger partial charge in [0, 0.05) is 11.8 Å². The van der Waals surface area contributed by atoms with Gasteiger partial charge in [0.1, 0.15) is 0 Å². The second kappa shape index (κ2) is 10.1. The maximum absolute atomic E-state index is 9.07. The quantitative estimate of drug-likeness (QED) is 0.121. The Morgan fingerprint density at radius 2 is 2.07 bits per heavy atom. The van der Waals surface area contributed by atoms with Gasteiger partial charge in [-0.3, -0.25) is 0 Å². The summed E-state index contributed by atoms with van der Waals surface area (Å²) >= 11 is 7.74. The van der Waals surface area contributed by atoms with Crippen molar-refractivity contribution in [2.45, 2.75) is 5.16 Å². The molecule has 0 fully saturated rings. The fourth-order valence-electron chi connectivity index (χ4n) is 2.71. The predicted molar refractivity (Wildman–Crippen MR) is 122 cm³/mol. The third kappa shape index (κ3) is 5.47. The van der Waals surface area contributed by atoms with Crippen LogP contribution in [0.5, 0.6) is 0 Å². The van der Waals surface area contributed by atoms with Crippen molar-refractivity contribution in [3.63, 3.8) is 0 Å². The van der Waals surface area contributed by atoms with Crippen LogP contribution in [0.15, 0.2) is 60.0 Å². The van der Waals surface area contributed by atoms with Crippen molar-refractivity contribution in [1.82, 2.24) is 9.97 Å². The average molecular weight is 448 g/mol. The Labute approximate surface area is 178 Å². The average Bonchev–Trinajstić information content (AvgIpc) is 3.11. The largest absolute Gasteiger partial charge is 0.504 e. The summed E-state index contributed by atoms with van der Waals surface area (Å²) in [6, 6.07) is 11.5. The molecule has 1 aromatic heterocycles. The van der Waals surface area contributed by atoms with Gasteiger partial charge in [0.2, 0.25) is 0 Å². The van der Waals surface area contributed by atoms with Crippen molar-refractivity contribution < 1.29 is 14.5 Å². The molecule has 0 bridgehead atoms. The Kier molecular flexibility index (Phi) is 7.47. The summed E-state index contributed by atoms with van der Waals surface area (Å²) in [5.74, 6) is 0. The van der Waals surface area contributed by atoms with Gasteiger partial charge in [-0.15, -0.1) is 0 Å². The van der Waals surface area contributed by atoms with Crippen molar-refractivity contribution in [2.24, 2.45) is 0 Å². The zero-order valence-electron chi connectivity index (χ0n) is 15.5. The number of aromatic nitrogens is 2. The van der Waals surface area contributed by atoms with Crippen LogP contribution in [0.4, 0.5) is 0 Å². The molecule has 150 valence electrons. The lowest BCUT2D eigenvalue weighted by Crippen LogP contribution is -1.87. The number of rotatable bonds is 8. The van der Waals surface area contributed by atoms with E-state index in [-0.39, 0.29) is 5.49 Å². The summed E-state index contributed by atoms with van der Waals surface area (Å²) < 4.78 is 4.88. The van der Waals surface area contributed by atoms with Crippen molar-refractivity contribution in [3.05, 3.63) is 65.4 Å². The van der Waals surface area contributed by atoms with Crippen LogP contribution < -0.4 is 0 Å². The summed E-state index contributed by atoms with van der Waals surface area (Å²) in [5, 5.41) is 8.81. The smallest absolute Gasteiger partial charge is 0.176 e. The molecule has 6 nitrogen and oxygen atoms in total. The number of nitrogens with zero attached hydrogens (tertiary/aromatic N) is 1. The van der Waals surface area contributed by atoms with Gasteiger partial charge in [-0.25, -0.2) is 4.98 Å². The van der Waals surface area contributed by atoms with E-state index in [0.29, 0.717) is 10.2 Å². The van der Waals surface area contributed by atoms with Gasteiger partial charge < -0.3 is 24.9 Å². The zero-order chi connectivity index (χ0) is 20.8. The Hall–Kier alpha value is -2.15. The summed E-state index contributed by atoms with van der Waals surface area (Å²) in [4.78, 5) is 25.8. The van der Waals surface area contributed by atoms with Gasteiger partial charge in [0.05, 0.1) is 34.9 Å². The first-order chi connectivity index (χ1) is 14.0.